The van der Waals surface area contributed by atoms with E-state index in [0.717, 1.165) is 5.56 Å². The summed E-state index contributed by atoms with van der Waals surface area (Å²) in [6, 6.07) is 14.6. The maximum atomic E-state index is 11.9. The van der Waals surface area contributed by atoms with E-state index in [2.05, 4.69) is 5.32 Å². The zero-order valence-corrected chi connectivity index (χ0v) is 12.4. The van der Waals surface area contributed by atoms with E-state index in [9.17, 15) is 4.79 Å². The lowest BCUT2D eigenvalue weighted by molar-refractivity contribution is -0.140. The van der Waals surface area contributed by atoms with Gasteiger partial charge in [-0.15, -0.1) is 0 Å². The van der Waals surface area contributed by atoms with Gasteiger partial charge in [0, 0.05) is 5.56 Å². The SMILES string of the molecule is COc1cccc(C2NC(=O)C2Oc2ccccc2)c1OC. The van der Waals surface area contributed by atoms with E-state index in [1.165, 1.54) is 0 Å². The average molecular weight is 299 g/mol. The van der Waals surface area contributed by atoms with E-state index in [4.69, 9.17) is 14.2 Å². The van der Waals surface area contributed by atoms with Crippen LogP contribution in [0.3, 0.4) is 0 Å². The summed E-state index contributed by atoms with van der Waals surface area (Å²) in [5.41, 5.74) is 0.836. The summed E-state index contributed by atoms with van der Waals surface area (Å²) in [7, 11) is 3.16. The van der Waals surface area contributed by atoms with Crippen LogP contribution in [0.25, 0.3) is 0 Å². The Morgan fingerprint density at radius 1 is 0.955 bits per heavy atom. The number of hydrogen-bond acceptors (Lipinski definition) is 4. The van der Waals surface area contributed by atoms with Gasteiger partial charge in [0.05, 0.1) is 14.2 Å². The molecule has 0 aromatic heterocycles. The molecule has 1 aliphatic rings. The van der Waals surface area contributed by atoms with Crippen LogP contribution in [0.5, 0.6) is 17.2 Å². The molecule has 0 saturated carbocycles. The molecule has 5 nitrogen and oxygen atoms in total. The Labute approximate surface area is 128 Å². The molecular formula is C17H17NO4. The highest BCUT2D eigenvalue weighted by molar-refractivity contribution is 5.89. The second kappa shape index (κ2) is 5.97. The largest absolute Gasteiger partial charge is 0.493 e. The first kappa shape index (κ1) is 14.3. The molecule has 2 atom stereocenters. The number of amides is 1. The molecule has 1 heterocycles. The maximum Gasteiger partial charge on any atom is 0.264 e. The van der Waals surface area contributed by atoms with Crippen molar-refractivity contribution in [3.63, 3.8) is 0 Å². The molecule has 3 rings (SSSR count). The highest BCUT2D eigenvalue weighted by Gasteiger charge is 2.44. The van der Waals surface area contributed by atoms with Gasteiger partial charge in [-0.25, -0.2) is 0 Å². The molecule has 22 heavy (non-hydrogen) atoms. The maximum absolute atomic E-state index is 11.9. The van der Waals surface area contributed by atoms with Crippen LogP contribution in [0.2, 0.25) is 0 Å². The third-order valence-electron chi connectivity index (χ3n) is 3.63. The number of ether oxygens (including phenoxy) is 3. The van der Waals surface area contributed by atoms with Gasteiger partial charge in [-0.3, -0.25) is 4.79 Å². The van der Waals surface area contributed by atoms with E-state index < -0.39 is 6.10 Å². The minimum absolute atomic E-state index is 0.140. The number of hydrogen-bond donors (Lipinski definition) is 1. The minimum atomic E-state index is -0.580. The van der Waals surface area contributed by atoms with Crippen LogP contribution in [-0.4, -0.2) is 26.2 Å². The Balaban J connectivity index is 1.87. The molecule has 2 aromatic carbocycles. The summed E-state index contributed by atoms with van der Waals surface area (Å²) >= 11 is 0. The predicted octanol–water partition coefficient (Wildman–Crippen LogP) is 2.32. The van der Waals surface area contributed by atoms with Crippen LogP contribution >= 0.6 is 0 Å². The number of carbonyl (C=O) groups excluding carboxylic acids is 1. The Morgan fingerprint density at radius 3 is 2.36 bits per heavy atom. The van der Waals surface area contributed by atoms with Gasteiger partial charge in [-0.2, -0.15) is 0 Å². The zero-order chi connectivity index (χ0) is 15.5. The number of methoxy groups -OCH3 is 2. The number of rotatable bonds is 5. The van der Waals surface area contributed by atoms with Gasteiger partial charge in [0.2, 0.25) is 6.10 Å². The molecule has 0 bridgehead atoms. The fourth-order valence-electron chi connectivity index (χ4n) is 2.53. The van der Waals surface area contributed by atoms with Gasteiger partial charge in [-0.05, 0) is 18.2 Å². The van der Waals surface area contributed by atoms with Crippen molar-refractivity contribution in [2.45, 2.75) is 12.1 Å². The Hall–Kier alpha value is -2.69. The summed E-state index contributed by atoms with van der Waals surface area (Å²) in [5, 5.41) is 2.86. The predicted molar refractivity (Wildman–Crippen MR) is 81.3 cm³/mol. The van der Waals surface area contributed by atoms with Gasteiger partial charge in [0.25, 0.3) is 5.91 Å². The van der Waals surface area contributed by atoms with Crippen LogP contribution < -0.4 is 19.5 Å². The van der Waals surface area contributed by atoms with Crippen LogP contribution in [0.4, 0.5) is 0 Å². The fourth-order valence-corrected chi connectivity index (χ4v) is 2.53. The molecule has 2 unspecified atom stereocenters. The smallest absolute Gasteiger partial charge is 0.264 e. The van der Waals surface area contributed by atoms with E-state index >= 15 is 0 Å². The average Bonchev–Trinajstić information content (AvgIpc) is 2.57. The molecule has 0 spiro atoms. The van der Waals surface area contributed by atoms with Crippen molar-refractivity contribution in [3.05, 3.63) is 54.1 Å². The van der Waals surface area contributed by atoms with E-state index in [0.29, 0.717) is 17.2 Å². The second-order valence-corrected chi connectivity index (χ2v) is 4.92. The highest BCUT2D eigenvalue weighted by atomic mass is 16.5. The quantitative estimate of drug-likeness (QED) is 0.861. The lowest BCUT2D eigenvalue weighted by Gasteiger charge is -2.37. The third kappa shape index (κ3) is 2.45. The molecule has 114 valence electrons. The molecule has 0 aliphatic carbocycles. The topological polar surface area (TPSA) is 56.8 Å². The number of benzene rings is 2. The van der Waals surface area contributed by atoms with Crippen LogP contribution in [0, 0.1) is 0 Å². The van der Waals surface area contributed by atoms with Gasteiger partial charge in [-0.1, -0.05) is 30.3 Å². The Kier molecular flexibility index (Phi) is 3.87. The first-order valence-electron chi connectivity index (χ1n) is 6.97. The molecule has 1 aliphatic heterocycles. The molecule has 5 heteroatoms. The van der Waals surface area contributed by atoms with Crippen molar-refractivity contribution in [1.82, 2.24) is 5.32 Å². The van der Waals surface area contributed by atoms with Crippen LogP contribution in [0.1, 0.15) is 11.6 Å². The number of para-hydroxylation sites is 2. The van der Waals surface area contributed by atoms with Crippen molar-refractivity contribution < 1.29 is 19.0 Å². The Bertz CT molecular complexity index is 672. The summed E-state index contributed by atoms with van der Waals surface area (Å²) in [4.78, 5) is 11.9. The van der Waals surface area contributed by atoms with E-state index in [1.807, 2.05) is 48.5 Å². The molecule has 0 radical (unpaired) electrons. The van der Waals surface area contributed by atoms with Crippen molar-refractivity contribution in [2.24, 2.45) is 0 Å². The number of nitrogens with one attached hydrogen (secondary N) is 1. The molecule has 1 amide bonds. The number of carbonyl (C=O) groups is 1. The van der Waals surface area contributed by atoms with Crippen molar-refractivity contribution in [1.29, 1.82) is 0 Å². The molecule has 1 fully saturated rings. The zero-order valence-electron chi connectivity index (χ0n) is 12.4. The van der Waals surface area contributed by atoms with Crippen molar-refractivity contribution in [3.8, 4) is 17.2 Å². The highest BCUT2D eigenvalue weighted by Crippen LogP contribution is 2.39. The molecule has 2 aromatic rings. The molecule has 1 saturated heterocycles. The lowest BCUT2D eigenvalue weighted by Crippen LogP contribution is -2.58. The lowest BCUT2D eigenvalue weighted by atomic mass is 9.92. The van der Waals surface area contributed by atoms with Gasteiger partial charge < -0.3 is 19.5 Å². The minimum Gasteiger partial charge on any atom is -0.493 e. The third-order valence-corrected chi connectivity index (χ3v) is 3.63. The second-order valence-electron chi connectivity index (χ2n) is 4.92. The van der Waals surface area contributed by atoms with Gasteiger partial charge in [0.1, 0.15) is 11.8 Å². The van der Waals surface area contributed by atoms with Crippen LogP contribution in [-0.2, 0) is 4.79 Å². The first-order chi connectivity index (χ1) is 10.7. The first-order valence-corrected chi connectivity index (χ1v) is 6.97. The van der Waals surface area contributed by atoms with Crippen molar-refractivity contribution in [2.75, 3.05) is 14.2 Å². The monoisotopic (exact) mass is 299 g/mol. The molecule has 1 N–H and O–H groups in total. The number of β-lactam (4-membered cyclic amide) rings is 1. The standard InChI is InChI=1S/C17H17NO4/c1-20-13-10-6-9-12(15(13)21-2)14-16(17(19)18-14)22-11-7-4-3-5-8-11/h3-10,14,16H,1-2H3,(H,18,19). The fraction of sp³-hybridized carbons (Fsp3) is 0.235. The van der Waals surface area contributed by atoms with Crippen molar-refractivity contribution >= 4 is 5.91 Å². The van der Waals surface area contributed by atoms with E-state index in [1.54, 1.807) is 14.2 Å². The summed E-state index contributed by atoms with van der Waals surface area (Å²) in [6.07, 6.45) is -0.580. The molecular weight excluding hydrogens is 282 g/mol. The summed E-state index contributed by atoms with van der Waals surface area (Å²) < 4.78 is 16.5. The van der Waals surface area contributed by atoms with Gasteiger partial charge >= 0.3 is 0 Å². The summed E-state index contributed by atoms with van der Waals surface area (Å²) in [6.45, 7) is 0. The Morgan fingerprint density at radius 2 is 1.73 bits per heavy atom. The van der Waals surface area contributed by atoms with E-state index in [-0.39, 0.29) is 11.9 Å². The summed E-state index contributed by atoms with van der Waals surface area (Å²) in [5.74, 6) is 1.75. The normalized spacial score (nSPS) is 19.8. The van der Waals surface area contributed by atoms with Crippen LogP contribution in [0.15, 0.2) is 48.5 Å². The van der Waals surface area contributed by atoms with Gasteiger partial charge in [0.15, 0.2) is 11.5 Å².